The second kappa shape index (κ2) is 7.87. The number of hydrogen-bond donors (Lipinski definition) is 1. The van der Waals surface area contributed by atoms with Gasteiger partial charge in [-0.15, -0.1) is 0 Å². The zero-order valence-electron chi connectivity index (χ0n) is 15.7. The van der Waals surface area contributed by atoms with Crippen LogP contribution in [0.1, 0.15) is 54.5 Å². The minimum atomic E-state index is -0.0859. The molecular weight excluding hydrogens is 338 g/mol. The fourth-order valence-electron chi connectivity index (χ4n) is 3.80. The quantitative estimate of drug-likeness (QED) is 0.791. The third kappa shape index (κ3) is 4.00. The van der Waals surface area contributed by atoms with E-state index in [1.54, 1.807) is 12.2 Å². The molecule has 2 aromatic carbocycles. The van der Waals surface area contributed by atoms with Crippen LogP contribution >= 0.6 is 0 Å². The van der Waals surface area contributed by atoms with Crippen LogP contribution in [0.4, 0.5) is 0 Å². The maximum Gasteiger partial charge on any atom is 0.244 e. The van der Waals surface area contributed by atoms with Gasteiger partial charge >= 0.3 is 0 Å². The Bertz CT molecular complexity index is 872. The highest BCUT2D eigenvalue weighted by Gasteiger charge is 2.16. The van der Waals surface area contributed by atoms with E-state index >= 15 is 0 Å². The predicted octanol–water partition coefficient (Wildman–Crippen LogP) is 4.57. The van der Waals surface area contributed by atoms with Crippen molar-refractivity contribution in [1.82, 2.24) is 5.32 Å². The fourth-order valence-corrected chi connectivity index (χ4v) is 3.80. The van der Waals surface area contributed by atoms with Gasteiger partial charge in [-0.3, -0.25) is 4.79 Å². The maximum atomic E-state index is 12.4. The number of rotatable bonds is 5. The second-order valence-electron chi connectivity index (χ2n) is 7.15. The lowest BCUT2D eigenvalue weighted by molar-refractivity contribution is -0.117. The lowest BCUT2D eigenvalue weighted by Gasteiger charge is -2.21. The summed E-state index contributed by atoms with van der Waals surface area (Å²) in [6, 6.07) is 12.4. The van der Waals surface area contributed by atoms with Crippen molar-refractivity contribution in [3.8, 4) is 11.5 Å². The Morgan fingerprint density at radius 1 is 1.07 bits per heavy atom. The van der Waals surface area contributed by atoms with Gasteiger partial charge in [0.15, 0.2) is 11.5 Å². The number of aryl methyl sites for hydroxylation is 2. The number of carbonyl (C=O) groups is 1. The lowest BCUT2D eigenvalue weighted by Crippen LogP contribution is -2.26. The van der Waals surface area contributed by atoms with Crippen molar-refractivity contribution in [1.29, 1.82) is 0 Å². The van der Waals surface area contributed by atoms with Crippen LogP contribution in [0, 0.1) is 0 Å². The first-order valence-corrected chi connectivity index (χ1v) is 9.73. The van der Waals surface area contributed by atoms with Crippen LogP contribution in [0.15, 0.2) is 42.5 Å². The van der Waals surface area contributed by atoms with E-state index in [0.717, 1.165) is 29.9 Å². The van der Waals surface area contributed by atoms with Crippen LogP contribution in [0.25, 0.3) is 6.08 Å². The molecule has 27 heavy (non-hydrogen) atoms. The minimum absolute atomic E-state index is 0.0335. The molecule has 4 rings (SSSR count). The number of benzene rings is 2. The van der Waals surface area contributed by atoms with Crippen molar-refractivity contribution >= 4 is 12.0 Å². The molecule has 0 saturated heterocycles. The number of nitrogens with one attached hydrogen (secondary N) is 1. The van der Waals surface area contributed by atoms with Crippen molar-refractivity contribution in [2.75, 3.05) is 6.79 Å². The predicted molar refractivity (Wildman–Crippen MR) is 106 cm³/mol. The maximum absolute atomic E-state index is 12.4. The number of fused-ring (bicyclic) bond motifs is 2. The van der Waals surface area contributed by atoms with Gasteiger partial charge in [0.1, 0.15) is 0 Å². The Kier molecular flexibility index (Phi) is 5.14. The fraction of sp³-hybridized carbons (Fsp3) is 0.348. The molecule has 2 aromatic rings. The first-order valence-electron chi connectivity index (χ1n) is 9.73. The molecule has 1 N–H and O–H groups in total. The molecule has 1 unspecified atom stereocenters. The minimum Gasteiger partial charge on any atom is -0.454 e. The van der Waals surface area contributed by atoms with Gasteiger partial charge in [0, 0.05) is 6.08 Å². The molecule has 0 spiro atoms. The Balaban J connectivity index is 1.43. The SMILES string of the molecule is CCC(NC(=O)/C=C/c1ccc2c(c1)OCO2)c1ccc2c(c1)CCCC2. The van der Waals surface area contributed by atoms with Crippen LogP contribution < -0.4 is 14.8 Å². The summed E-state index contributed by atoms with van der Waals surface area (Å²) in [5.74, 6) is 1.38. The van der Waals surface area contributed by atoms with Crippen LogP contribution in [0.5, 0.6) is 11.5 Å². The summed E-state index contributed by atoms with van der Waals surface area (Å²) in [7, 11) is 0. The summed E-state index contributed by atoms with van der Waals surface area (Å²) >= 11 is 0. The van der Waals surface area contributed by atoms with Gasteiger partial charge < -0.3 is 14.8 Å². The molecule has 1 aliphatic carbocycles. The van der Waals surface area contributed by atoms with E-state index in [9.17, 15) is 4.79 Å². The van der Waals surface area contributed by atoms with Crippen molar-refractivity contribution in [3.63, 3.8) is 0 Å². The van der Waals surface area contributed by atoms with Gasteiger partial charge in [0.05, 0.1) is 6.04 Å². The van der Waals surface area contributed by atoms with E-state index in [4.69, 9.17) is 9.47 Å². The van der Waals surface area contributed by atoms with Gasteiger partial charge in [0.25, 0.3) is 0 Å². The normalized spacial score (nSPS) is 16.2. The second-order valence-corrected chi connectivity index (χ2v) is 7.15. The summed E-state index contributed by atoms with van der Waals surface area (Å²) in [5.41, 5.74) is 5.02. The summed E-state index contributed by atoms with van der Waals surface area (Å²) in [4.78, 5) is 12.4. The van der Waals surface area contributed by atoms with E-state index in [1.165, 1.54) is 36.0 Å². The number of carbonyl (C=O) groups excluding carboxylic acids is 1. The summed E-state index contributed by atoms with van der Waals surface area (Å²) in [5, 5.41) is 3.13. The molecule has 0 radical (unpaired) electrons. The largest absolute Gasteiger partial charge is 0.454 e. The van der Waals surface area contributed by atoms with Gasteiger partial charge in [-0.05, 0) is 72.6 Å². The number of amides is 1. The molecule has 0 saturated carbocycles. The van der Waals surface area contributed by atoms with Gasteiger partial charge in [-0.1, -0.05) is 31.2 Å². The van der Waals surface area contributed by atoms with E-state index < -0.39 is 0 Å². The highest BCUT2D eigenvalue weighted by Crippen LogP contribution is 2.32. The molecule has 4 nitrogen and oxygen atoms in total. The topological polar surface area (TPSA) is 47.6 Å². The highest BCUT2D eigenvalue weighted by molar-refractivity contribution is 5.92. The Labute approximate surface area is 160 Å². The smallest absolute Gasteiger partial charge is 0.244 e. The van der Waals surface area contributed by atoms with E-state index in [1.807, 2.05) is 18.2 Å². The van der Waals surface area contributed by atoms with Crippen LogP contribution in [0.2, 0.25) is 0 Å². The van der Waals surface area contributed by atoms with Crippen molar-refractivity contribution in [3.05, 3.63) is 64.7 Å². The van der Waals surface area contributed by atoms with E-state index in [0.29, 0.717) is 0 Å². The van der Waals surface area contributed by atoms with Crippen molar-refractivity contribution in [2.45, 2.75) is 45.1 Å². The van der Waals surface area contributed by atoms with Crippen LogP contribution in [0.3, 0.4) is 0 Å². The zero-order valence-corrected chi connectivity index (χ0v) is 15.7. The van der Waals surface area contributed by atoms with Gasteiger partial charge in [-0.2, -0.15) is 0 Å². The molecule has 1 aliphatic heterocycles. The van der Waals surface area contributed by atoms with Gasteiger partial charge in [0.2, 0.25) is 12.7 Å². The Morgan fingerprint density at radius 2 is 1.89 bits per heavy atom. The first-order chi connectivity index (χ1) is 13.2. The molecule has 0 bridgehead atoms. The zero-order chi connectivity index (χ0) is 18.6. The lowest BCUT2D eigenvalue weighted by atomic mass is 9.89. The average molecular weight is 363 g/mol. The highest BCUT2D eigenvalue weighted by atomic mass is 16.7. The van der Waals surface area contributed by atoms with Crippen LogP contribution in [-0.4, -0.2) is 12.7 Å². The summed E-state index contributed by atoms with van der Waals surface area (Å²) < 4.78 is 10.7. The molecule has 4 heteroatoms. The van der Waals surface area contributed by atoms with E-state index in [2.05, 4.69) is 30.4 Å². The molecule has 1 amide bonds. The molecule has 140 valence electrons. The Morgan fingerprint density at radius 3 is 2.74 bits per heavy atom. The molecule has 1 atom stereocenters. The number of ether oxygens (including phenoxy) is 2. The van der Waals surface area contributed by atoms with Gasteiger partial charge in [-0.25, -0.2) is 0 Å². The molecule has 0 aromatic heterocycles. The van der Waals surface area contributed by atoms with Crippen LogP contribution in [-0.2, 0) is 17.6 Å². The average Bonchev–Trinajstić information content (AvgIpc) is 3.18. The third-order valence-electron chi connectivity index (χ3n) is 5.32. The number of hydrogen-bond acceptors (Lipinski definition) is 3. The summed E-state index contributed by atoms with van der Waals surface area (Å²) in [6.45, 7) is 2.36. The molecule has 0 fully saturated rings. The standard InChI is InChI=1S/C23H25NO3/c1-2-20(19-10-9-17-5-3-4-6-18(17)14-19)24-23(25)12-8-16-7-11-21-22(13-16)27-15-26-21/h7-14,20H,2-6,15H2,1H3,(H,24,25)/b12-8+. The molecular formula is C23H25NO3. The molecule has 2 aliphatic rings. The monoisotopic (exact) mass is 363 g/mol. The van der Waals surface area contributed by atoms with E-state index in [-0.39, 0.29) is 18.7 Å². The molecule has 1 heterocycles. The summed E-state index contributed by atoms with van der Waals surface area (Å²) in [6.07, 6.45) is 9.12. The van der Waals surface area contributed by atoms with Crippen molar-refractivity contribution < 1.29 is 14.3 Å². The van der Waals surface area contributed by atoms with Crippen molar-refractivity contribution in [2.24, 2.45) is 0 Å². The Hall–Kier alpha value is -2.75. The first kappa shape index (κ1) is 17.7. The third-order valence-corrected chi connectivity index (χ3v) is 5.32.